The van der Waals surface area contributed by atoms with E-state index in [1.54, 1.807) is 0 Å². The van der Waals surface area contributed by atoms with Crippen LogP contribution in [0.5, 0.6) is 0 Å². The van der Waals surface area contributed by atoms with E-state index in [2.05, 4.69) is 17.1 Å². The Balaban J connectivity index is 2.53. The van der Waals surface area contributed by atoms with Gasteiger partial charge in [-0.25, -0.2) is 0 Å². The molecule has 0 aliphatic carbocycles. The van der Waals surface area contributed by atoms with E-state index in [9.17, 15) is 0 Å². The zero-order valence-electron chi connectivity index (χ0n) is 8.64. The van der Waals surface area contributed by atoms with Crippen LogP contribution in [0.15, 0.2) is 36.4 Å². The molecule has 0 aliphatic heterocycles. The lowest BCUT2D eigenvalue weighted by Crippen LogP contribution is -1.99. The number of nitrogens with two attached hydrogens (primary N) is 1. The van der Waals surface area contributed by atoms with Crippen molar-refractivity contribution in [3.05, 3.63) is 42.0 Å². The van der Waals surface area contributed by atoms with E-state index in [0.717, 1.165) is 23.2 Å². The molecule has 0 aliphatic rings. The number of nitrogen functional groups attached to an aromatic ring is 1. The molecule has 3 nitrogen and oxygen atoms in total. The second kappa shape index (κ2) is 4.09. The average Bonchev–Trinajstić information content (AvgIpc) is 2.30. The van der Waals surface area contributed by atoms with E-state index in [1.165, 1.54) is 0 Å². The summed E-state index contributed by atoms with van der Waals surface area (Å²) < 4.78 is 0. The lowest BCUT2D eigenvalue weighted by molar-refractivity contribution is 1.00. The van der Waals surface area contributed by atoms with Crippen LogP contribution < -0.4 is 5.73 Å². The number of rotatable bonds is 2. The summed E-state index contributed by atoms with van der Waals surface area (Å²) in [5, 5.41) is 8.04. The molecule has 0 amide bonds. The van der Waals surface area contributed by atoms with Gasteiger partial charge in [0.05, 0.1) is 5.69 Å². The zero-order valence-corrected chi connectivity index (χ0v) is 8.64. The summed E-state index contributed by atoms with van der Waals surface area (Å²) in [6.07, 6.45) is 0.907. The summed E-state index contributed by atoms with van der Waals surface area (Å²) in [6, 6.07) is 11.9. The molecule has 76 valence electrons. The maximum absolute atomic E-state index is 5.61. The van der Waals surface area contributed by atoms with Crippen LogP contribution in [0.4, 0.5) is 5.82 Å². The van der Waals surface area contributed by atoms with E-state index in [-0.39, 0.29) is 0 Å². The fraction of sp³-hybridized carbons (Fsp3) is 0.167. The third-order valence-electron chi connectivity index (χ3n) is 2.32. The number of anilines is 1. The highest BCUT2D eigenvalue weighted by atomic mass is 15.1. The highest BCUT2D eigenvalue weighted by Gasteiger charge is 2.06. The van der Waals surface area contributed by atoms with Crippen LogP contribution in [0.2, 0.25) is 0 Å². The molecule has 0 radical (unpaired) electrons. The van der Waals surface area contributed by atoms with Crippen LogP contribution >= 0.6 is 0 Å². The fourth-order valence-corrected chi connectivity index (χ4v) is 1.56. The Bertz CT molecular complexity index is 452. The van der Waals surface area contributed by atoms with Gasteiger partial charge in [-0.05, 0) is 18.1 Å². The van der Waals surface area contributed by atoms with E-state index >= 15 is 0 Å². The minimum absolute atomic E-state index is 0.478. The first-order valence-corrected chi connectivity index (χ1v) is 4.98. The molecule has 2 aromatic rings. The van der Waals surface area contributed by atoms with E-state index in [1.807, 2.05) is 36.4 Å². The van der Waals surface area contributed by atoms with Crippen LogP contribution in [0.1, 0.15) is 12.5 Å². The van der Waals surface area contributed by atoms with Crippen molar-refractivity contribution in [2.75, 3.05) is 5.73 Å². The van der Waals surface area contributed by atoms with Gasteiger partial charge in [0.2, 0.25) is 0 Å². The SMILES string of the molecule is CCc1cc(N)nnc1-c1ccccc1. The number of aromatic nitrogens is 2. The van der Waals surface area contributed by atoms with Crippen molar-refractivity contribution in [3.63, 3.8) is 0 Å². The highest BCUT2D eigenvalue weighted by Crippen LogP contribution is 2.21. The predicted molar refractivity (Wildman–Crippen MR) is 61.3 cm³/mol. The van der Waals surface area contributed by atoms with E-state index < -0.39 is 0 Å². The molecule has 0 saturated heterocycles. The van der Waals surface area contributed by atoms with Gasteiger partial charge in [0.15, 0.2) is 0 Å². The van der Waals surface area contributed by atoms with Gasteiger partial charge >= 0.3 is 0 Å². The Morgan fingerprint density at radius 3 is 2.53 bits per heavy atom. The van der Waals surface area contributed by atoms with Crippen LogP contribution in [0.3, 0.4) is 0 Å². The minimum atomic E-state index is 0.478. The topological polar surface area (TPSA) is 51.8 Å². The summed E-state index contributed by atoms with van der Waals surface area (Å²) in [4.78, 5) is 0. The largest absolute Gasteiger partial charge is 0.382 e. The van der Waals surface area contributed by atoms with Gasteiger partial charge in [-0.2, -0.15) is 0 Å². The van der Waals surface area contributed by atoms with Gasteiger partial charge in [-0.1, -0.05) is 37.3 Å². The first kappa shape index (κ1) is 9.65. The molecule has 0 unspecified atom stereocenters. The van der Waals surface area contributed by atoms with Gasteiger partial charge in [0, 0.05) is 5.56 Å². The lowest BCUT2D eigenvalue weighted by atomic mass is 10.1. The Morgan fingerprint density at radius 1 is 1.13 bits per heavy atom. The Labute approximate surface area is 89.0 Å². The van der Waals surface area contributed by atoms with Crippen molar-refractivity contribution in [2.45, 2.75) is 13.3 Å². The summed E-state index contributed by atoms with van der Waals surface area (Å²) in [6.45, 7) is 2.09. The van der Waals surface area contributed by atoms with Crippen molar-refractivity contribution in [2.24, 2.45) is 0 Å². The normalized spacial score (nSPS) is 10.2. The molecule has 2 rings (SSSR count). The predicted octanol–water partition coefficient (Wildman–Crippen LogP) is 2.29. The lowest BCUT2D eigenvalue weighted by Gasteiger charge is -2.06. The minimum Gasteiger partial charge on any atom is -0.382 e. The van der Waals surface area contributed by atoms with Crippen LogP contribution in [0, 0.1) is 0 Å². The molecule has 0 atom stereocenters. The number of hydrogen-bond acceptors (Lipinski definition) is 3. The van der Waals surface area contributed by atoms with Gasteiger partial charge in [-0.15, -0.1) is 10.2 Å². The van der Waals surface area contributed by atoms with Gasteiger partial charge < -0.3 is 5.73 Å². The van der Waals surface area contributed by atoms with Crippen molar-refractivity contribution >= 4 is 5.82 Å². The quantitative estimate of drug-likeness (QED) is 0.807. The molecule has 0 bridgehead atoms. The average molecular weight is 199 g/mol. The van der Waals surface area contributed by atoms with Crippen LogP contribution in [-0.4, -0.2) is 10.2 Å². The van der Waals surface area contributed by atoms with E-state index in [4.69, 9.17) is 5.73 Å². The number of nitrogens with zero attached hydrogens (tertiary/aromatic N) is 2. The van der Waals surface area contributed by atoms with Crippen LogP contribution in [0.25, 0.3) is 11.3 Å². The van der Waals surface area contributed by atoms with Crippen molar-refractivity contribution in [3.8, 4) is 11.3 Å². The van der Waals surface area contributed by atoms with Crippen molar-refractivity contribution in [1.29, 1.82) is 0 Å². The second-order valence-electron chi connectivity index (χ2n) is 3.36. The molecule has 3 heteroatoms. The number of aryl methyl sites for hydroxylation is 1. The standard InChI is InChI=1S/C12H13N3/c1-2-9-8-11(13)14-15-12(9)10-6-4-3-5-7-10/h3-8H,2H2,1H3,(H2,13,14). The molecule has 15 heavy (non-hydrogen) atoms. The molecule has 2 N–H and O–H groups in total. The number of hydrogen-bond donors (Lipinski definition) is 1. The fourth-order valence-electron chi connectivity index (χ4n) is 1.56. The molecule has 1 aromatic heterocycles. The Kier molecular flexibility index (Phi) is 2.63. The summed E-state index contributed by atoms with van der Waals surface area (Å²) in [5.41, 5.74) is 8.75. The third-order valence-corrected chi connectivity index (χ3v) is 2.32. The molecule has 1 aromatic carbocycles. The van der Waals surface area contributed by atoms with Crippen molar-refractivity contribution < 1.29 is 0 Å². The summed E-state index contributed by atoms with van der Waals surface area (Å²) in [7, 11) is 0. The molecular formula is C12H13N3. The molecule has 1 heterocycles. The zero-order chi connectivity index (χ0) is 10.7. The van der Waals surface area contributed by atoms with Gasteiger partial charge in [0.25, 0.3) is 0 Å². The monoisotopic (exact) mass is 199 g/mol. The molecule has 0 fully saturated rings. The maximum Gasteiger partial charge on any atom is 0.146 e. The smallest absolute Gasteiger partial charge is 0.146 e. The Hall–Kier alpha value is -1.90. The van der Waals surface area contributed by atoms with E-state index in [0.29, 0.717) is 5.82 Å². The third kappa shape index (κ3) is 1.96. The first-order valence-electron chi connectivity index (χ1n) is 4.98. The van der Waals surface area contributed by atoms with Gasteiger partial charge in [-0.3, -0.25) is 0 Å². The highest BCUT2D eigenvalue weighted by molar-refractivity contribution is 5.63. The summed E-state index contributed by atoms with van der Waals surface area (Å²) in [5.74, 6) is 0.478. The second-order valence-corrected chi connectivity index (χ2v) is 3.36. The summed E-state index contributed by atoms with van der Waals surface area (Å²) >= 11 is 0. The van der Waals surface area contributed by atoms with Gasteiger partial charge in [0.1, 0.15) is 5.82 Å². The molecular weight excluding hydrogens is 186 g/mol. The van der Waals surface area contributed by atoms with Crippen molar-refractivity contribution in [1.82, 2.24) is 10.2 Å². The maximum atomic E-state index is 5.61. The first-order chi connectivity index (χ1) is 7.31. The molecule has 0 spiro atoms. The number of benzene rings is 1. The Morgan fingerprint density at radius 2 is 1.87 bits per heavy atom. The van der Waals surface area contributed by atoms with Crippen LogP contribution in [-0.2, 0) is 6.42 Å². The molecule has 0 saturated carbocycles.